The van der Waals surface area contributed by atoms with E-state index in [2.05, 4.69) is 10.3 Å². The molecule has 1 N–H and O–H groups in total. The van der Waals surface area contributed by atoms with Crippen LogP contribution in [0.2, 0.25) is 0 Å². The summed E-state index contributed by atoms with van der Waals surface area (Å²) < 4.78 is 5.07. The summed E-state index contributed by atoms with van der Waals surface area (Å²) in [6.07, 6.45) is 3.49. The van der Waals surface area contributed by atoms with Gasteiger partial charge in [0.25, 0.3) is 5.91 Å². The quantitative estimate of drug-likeness (QED) is 0.815. The molecule has 6 nitrogen and oxygen atoms in total. The number of amides is 2. The number of hydrogen-bond acceptors (Lipinski definition) is 5. The average Bonchev–Trinajstić information content (AvgIpc) is 2.61. The average molecular weight is 345 g/mol. The highest BCUT2D eigenvalue weighted by Gasteiger charge is 2.18. The fourth-order valence-electron chi connectivity index (χ4n) is 2.08. The Kier molecular flexibility index (Phi) is 6.20. The molecule has 7 heteroatoms. The second-order valence-corrected chi connectivity index (χ2v) is 5.79. The van der Waals surface area contributed by atoms with E-state index in [4.69, 9.17) is 4.74 Å². The summed E-state index contributed by atoms with van der Waals surface area (Å²) in [5.74, 6) is 0.199. The highest BCUT2D eigenvalue weighted by molar-refractivity contribution is 7.98. The largest absolute Gasteiger partial charge is 0.497 e. The van der Waals surface area contributed by atoms with Crippen LogP contribution in [0.25, 0.3) is 0 Å². The minimum Gasteiger partial charge on any atom is -0.497 e. The van der Waals surface area contributed by atoms with E-state index in [1.54, 1.807) is 56.8 Å². The lowest BCUT2D eigenvalue weighted by atomic mass is 10.2. The number of thioether (sulfide) groups is 1. The van der Waals surface area contributed by atoms with E-state index in [9.17, 15) is 9.59 Å². The number of hydrogen-bond donors (Lipinski definition) is 1. The third-order valence-electron chi connectivity index (χ3n) is 3.30. The van der Waals surface area contributed by atoms with Crippen molar-refractivity contribution < 1.29 is 14.3 Å². The highest BCUT2D eigenvalue weighted by atomic mass is 32.2. The molecule has 0 fully saturated rings. The topological polar surface area (TPSA) is 71.5 Å². The Hall–Kier alpha value is -2.54. The first kappa shape index (κ1) is 17.8. The van der Waals surface area contributed by atoms with Gasteiger partial charge in [-0.05, 0) is 42.7 Å². The molecule has 0 aliphatic carbocycles. The molecular formula is C17H19N3O3S. The van der Waals surface area contributed by atoms with Crippen molar-refractivity contribution in [1.82, 2.24) is 9.88 Å². The van der Waals surface area contributed by atoms with Gasteiger partial charge in [-0.3, -0.25) is 9.59 Å². The molecule has 0 aliphatic rings. The minimum absolute atomic E-state index is 0.0480. The molecule has 0 atom stereocenters. The first-order valence-electron chi connectivity index (χ1n) is 7.23. The van der Waals surface area contributed by atoms with Gasteiger partial charge in [-0.2, -0.15) is 0 Å². The molecule has 0 bridgehead atoms. The third-order valence-corrected chi connectivity index (χ3v) is 4.01. The number of pyridine rings is 1. The third kappa shape index (κ3) is 4.48. The van der Waals surface area contributed by atoms with Crippen molar-refractivity contribution in [2.75, 3.05) is 32.3 Å². The van der Waals surface area contributed by atoms with Crippen LogP contribution < -0.4 is 10.1 Å². The Balaban J connectivity index is 1.98. The van der Waals surface area contributed by atoms with Crippen LogP contribution in [0.1, 0.15) is 10.4 Å². The summed E-state index contributed by atoms with van der Waals surface area (Å²) >= 11 is 1.40. The summed E-state index contributed by atoms with van der Waals surface area (Å²) in [5, 5.41) is 3.39. The molecule has 24 heavy (non-hydrogen) atoms. The Labute approximate surface area is 145 Å². The Morgan fingerprint density at radius 1 is 1.25 bits per heavy atom. The fourth-order valence-corrected chi connectivity index (χ4v) is 2.63. The molecule has 126 valence electrons. The number of rotatable bonds is 6. The molecule has 0 aliphatic heterocycles. The lowest BCUT2D eigenvalue weighted by Crippen LogP contribution is -2.35. The SMILES string of the molecule is COc1ccc(NC(=O)CN(C)C(=O)c2cccnc2SC)cc1. The number of methoxy groups -OCH3 is 1. The van der Waals surface area contributed by atoms with Crippen molar-refractivity contribution in [3.05, 3.63) is 48.2 Å². The molecule has 2 rings (SSSR count). The number of nitrogens with one attached hydrogen (secondary N) is 1. The highest BCUT2D eigenvalue weighted by Crippen LogP contribution is 2.18. The van der Waals surface area contributed by atoms with Crippen LogP contribution in [-0.4, -0.2) is 48.7 Å². The van der Waals surface area contributed by atoms with E-state index in [1.165, 1.54) is 16.7 Å². The maximum atomic E-state index is 12.5. The van der Waals surface area contributed by atoms with Crippen LogP contribution in [0, 0.1) is 0 Å². The Morgan fingerprint density at radius 3 is 2.58 bits per heavy atom. The van der Waals surface area contributed by atoms with E-state index in [0.29, 0.717) is 22.0 Å². The molecule has 2 amide bonds. The molecule has 1 aromatic carbocycles. The summed E-state index contributed by atoms with van der Waals surface area (Å²) in [5.41, 5.74) is 1.14. The molecule has 1 heterocycles. The van der Waals surface area contributed by atoms with Gasteiger partial charge < -0.3 is 15.0 Å². The Morgan fingerprint density at radius 2 is 1.96 bits per heavy atom. The summed E-state index contributed by atoms with van der Waals surface area (Å²) in [4.78, 5) is 30.1. The van der Waals surface area contributed by atoms with E-state index < -0.39 is 0 Å². The standard InChI is InChI=1S/C17H19N3O3S/c1-20(17(22)14-5-4-10-18-16(14)24-3)11-15(21)19-12-6-8-13(23-2)9-7-12/h4-10H,11H2,1-3H3,(H,19,21). The van der Waals surface area contributed by atoms with Gasteiger partial charge in [0.15, 0.2) is 0 Å². The van der Waals surface area contributed by atoms with Crippen molar-refractivity contribution in [2.45, 2.75) is 5.03 Å². The lowest BCUT2D eigenvalue weighted by Gasteiger charge is -2.18. The number of anilines is 1. The maximum absolute atomic E-state index is 12.5. The van der Waals surface area contributed by atoms with Crippen LogP contribution in [0.4, 0.5) is 5.69 Å². The van der Waals surface area contributed by atoms with E-state index in [-0.39, 0.29) is 18.4 Å². The molecule has 2 aromatic rings. The van der Waals surface area contributed by atoms with E-state index in [0.717, 1.165) is 0 Å². The molecule has 0 radical (unpaired) electrons. The van der Waals surface area contributed by atoms with Gasteiger partial charge >= 0.3 is 0 Å². The van der Waals surface area contributed by atoms with Gasteiger partial charge in [0, 0.05) is 18.9 Å². The number of carbonyl (C=O) groups excluding carboxylic acids is 2. The number of benzene rings is 1. The monoisotopic (exact) mass is 345 g/mol. The Bertz CT molecular complexity index is 719. The summed E-state index contributed by atoms with van der Waals surface area (Å²) in [6, 6.07) is 10.4. The van der Waals surface area contributed by atoms with Gasteiger partial charge in [-0.25, -0.2) is 4.98 Å². The van der Waals surface area contributed by atoms with Crippen LogP contribution in [-0.2, 0) is 4.79 Å². The van der Waals surface area contributed by atoms with Crippen molar-refractivity contribution in [3.8, 4) is 5.75 Å². The van der Waals surface area contributed by atoms with Crippen molar-refractivity contribution in [1.29, 1.82) is 0 Å². The minimum atomic E-state index is -0.273. The van der Waals surface area contributed by atoms with E-state index >= 15 is 0 Å². The first-order chi connectivity index (χ1) is 11.5. The number of aromatic nitrogens is 1. The number of likely N-dealkylation sites (N-methyl/N-ethyl adjacent to an activating group) is 1. The zero-order valence-corrected chi connectivity index (χ0v) is 14.6. The number of carbonyl (C=O) groups is 2. The van der Waals surface area contributed by atoms with Gasteiger partial charge in [-0.1, -0.05) is 0 Å². The summed E-state index contributed by atoms with van der Waals surface area (Å²) in [7, 11) is 3.17. The zero-order valence-electron chi connectivity index (χ0n) is 13.8. The predicted molar refractivity (Wildman–Crippen MR) is 94.6 cm³/mol. The first-order valence-corrected chi connectivity index (χ1v) is 8.46. The second kappa shape index (κ2) is 8.35. The fraction of sp³-hybridized carbons (Fsp3) is 0.235. The molecular weight excluding hydrogens is 326 g/mol. The van der Waals surface area contributed by atoms with Gasteiger partial charge in [0.2, 0.25) is 5.91 Å². The van der Waals surface area contributed by atoms with Crippen molar-refractivity contribution in [2.24, 2.45) is 0 Å². The molecule has 0 saturated carbocycles. The van der Waals surface area contributed by atoms with Crippen LogP contribution in [0.3, 0.4) is 0 Å². The van der Waals surface area contributed by atoms with Crippen LogP contribution >= 0.6 is 11.8 Å². The molecule has 0 spiro atoms. The predicted octanol–water partition coefficient (Wildman–Crippen LogP) is 2.52. The van der Waals surface area contributed by atoms with Crippen LogP contribution in [0.15, 0.2) is 47.6 Å². The smallest absolute Gasteiger partial charge is 0.256 e. The maximum Gasteiger partial charge on any atom is 0.256 e. The molecule has 0 unspecified atom stereocenters. The van der Waals surface area contributed by atoms with Crippen molar-refractivity contribution >= 4 is 29.3 Å². The summed E-state index contributed by atoms with van der Waals surface area (Å²) in [6.45, 7) is -0.0480. The number of nitrogens with zero attached hydrogens (tertiary/aromatic N) is 2. The van der Waals surface area contributed by atoms with Gasteiger partial charge in [-0.15, -0.1) is 11.8 Å². The van der Waals surface area contributed by atoms with Crippen molar-refractivity contribution in [3.63, 3.8) is 0 Å². The molecule has 1 aromatic heterocycles. The molecule has 0 saturated heterocycles. The second-order valence-electron chi connectivity index (χ2n) is 5.00. The van der Waals surface area contributed by atoms with Crippen LogP contribution in [0.5, 0.6) is 5.75 Å². The zero-order chi connectivity index (χ0) is 17.5. The normalized spacial score (nSPS) is 10.1. The van der Waals surface area contributed by atoms with E-state index in [1.807, 2.05) is 6.26 Å². The lowest BCUT2D eigenvalue weighted by molar-refractivity contribution is -0.116. The van der Waals surface area contributed by atoms with Gasteiger partial charge in [0.1, 0.15) is 10.8 Å². The number of ether oxygens (including phenoxy) is 1. The van der Waals surface area contributed by atoms with Gasteiger partial charge in [0.05, 0.1) is 19.2 Å².